The number of nitrogens with one attached hydrogen (secondary N) is 1. The van der Waals surface area contributed by atoms with Gasteiger partial charge in [-0.2, -0.15) is 0 Å². The number of aromatic amines is 1. The molecule has 98 valence electrons. The van der Waals surface area contributed by atoms with E-state index in [1.54, 1.807) is 7.05 Å². The lowest BCUT2D eigenvalue weighted by Gasteiger charge is -2.17. The zero-order valence-corrected chi connectivity index (χ0v) is 10.5. The molecule has 0 fully saturated rings. The Labute approximate surface area is 110 Å². The monoisotopic (exact) mass is 258 g/mol. The first-order valence-corrected chi connectivity index (χ1v) is 5.79. The maximum atomic E-state index is 12.1. The van der Waals surface area contributed by atoms with E-state index in [4.69, 9.17) is 0 Å². The number of nitrogens with zero attached hydrogens (tertiary/aromatic N) is 1. The lowest BCUT2D eigenvalue weighted by Crippen LogP contribution is -2.27. The zero-order valence-electron chi connectivity index (χ0n) is 10.5. The van der Waals surface area contributed by atoms with Crippen LogP contribution in [0.25, 0.3) is 0 Å². The highest BCUT2D eigenvalue weighted by molar-refractivity contribution is 5.96. The van der Waals surface area contributed by atoms with Gasteiger partial charge in [0.05, 0.1) is 5.56 Å². The Balaban J connectivity index is 2.17. The van der Waals surface area contributed by atoms with Crippen molar-refractivity contribution >= 4 is 5.91 Å². The van der Waals surface area contributed by atoms with E-state index in [1.165, 1.54) is 11.1 Å². The molecule has 5 heteroatoms. The predicted molar refractivity (Wildman–Crippen MR) is 71.0 cm³/mol. The van der Waals surface area contributed by atoms with Crippen LogP contribution in [0.15, 0.2) is 47.4 Å². The van der Waals surface area contributed by atoms with E-state index in [1.807, 2.05) is 30.3 Å². The fourth-order valence-electron chi connectivity index (χ4n) is 1.77. The Morgan fingerprint density at radius 1 is 1.32 bits per heavy atom. The summed E-state index contributed by atoms with van der Waals surface area (Å²) in [6, 6.07) is 10.5. The van der Waals surface area contributed by atoms with Gasteiger partial charge in [-0.15, -0.1) is 0 Å². The van der Waals surface area contributed by atoms with Crippen molar-refractivity contribution < 1.29 is 9.90 Å². The molecule has 5 nitrogen and oxygen atoms in total. The zero-order chi connectivity index (χ0) is 13.8. The van der Waals surface area contributed by atoms with Crippen LogP contribution >= 0.6 is 0 Å². The summed E-state index contributed by atoms with van der Waals surface area (Å²) in [5.41, 5.74) is 0.625. The van der Waals surface area contributed by atoms with E-state index in [-0.39, 0.29) is 17.2 Å². The lowest BCUT2D eigenvalue weighted by molar-refractivity contribution is 0.0781. The van der Waals surface area contributed by atoms with Crippen LogP contribution < -0.4 is 5.56 Å². The number of hydrogen-bond donors (Lipinski definition) is 2. The molecule has 1 amide bonds. The molecular weight excluding hydrogens is 244 g/mol. The quantitative estimate of drug-likeness (QED) is 0.872. The highest BCUT2D eigenvalue weighted by atomic mass is 16.3. The van der Waals surface area contributed by atoms with E-state index < -0.39 is 5.56 Å². The number of rotatable bonds is 3. The molecule has 1 aromatic heterocycles. The van der Waals surface area contributed by atoms with Gasteiger partial charge in [-0.3, -0.25) is 9.59 Å². The largest absolute Gasteiger partial charge is 0.507 e. The van der Waals surface area contributed by atoms with Crippen molar-refractivity contribution in [1.29, 1.82) is 0 Å². The summed E-state index contributed by atoms with van der Waals surface area (Å²) in [6.45, 7) is 0.429. The Bertz CT molecular complexity index is 635. The van der Waals surface area contributed by atoms with E-state index in [9.17, 15) is 14.7 Å². The Morgan fingerprint density at radius 3 is 2.63 bits per heavy atom. The van der Waals surface area contributed by atoms with Crippen LogP contribution in [0.4, 0.5) is 0 Å². The molecule has 0 aliphatic heterocycles. The van der Waals surface area contributed by atoms with Crippen LogP contribution in [-0.2, 0) is 6.54 Å². The van der Waals surface area contributed by atoms with Gasteiger partial charge in [0.1, 0.15) is 5.75 Å². The predicted octanol–water partition coefficient (Wildman–Crippen LogP) is 1.35. The second-order valence-corrected chi connectivity index (χ2v) is 4.24. The molecule has 0 aliphatic rings. The topological polar surface area (TPSA) is 73.4 Å². The summed E-state index contributed by atoms with van der Waals surface area (Å²) < 4.78 is 0. The van der Waals surface area contributed by atoms with Gasteiger partial charge in [0.15, 0.2) is 0 Å². The van der Waals surface area contributed by atoms with E-state index in [0.717, 1.165) is 11.6 Å². The molecule has 2 aromatic rings. The van der Waals surface area contributed by atoms with Gasteiger partial charge in [0.25, 0.3) is 11.5 Å². The summed E-state index contributed by atoms with van der Waals surface area (Å²) in [6.07, 6.45) is 1.22. The molecule has 19 heavy (non-hydrogen) atoms. The van der Waals surface area contributed by atoms with Gasteiger partial charge in [-0.05, 0) is 5.56 Å². The number of pyridine rings is 1. The fraction of sp³-hybridized carbons (Fsp3) is 0.143. The first-order valence-electron chi connectivity index (χ1n) is 5.79. The third-order valence-electron chi connectivity index (χ3n) is 2.74. The maximum Gasteiger partial charge on any atom is 0.259 e. The van der Waals surface area contributed by atoms with Crippen molar-refractivity contribution in [2.45, 2.75) is 6.54 Å². The SMILES string of the molecule is CN(Cc1ccccc1)C(=O)c1c[nH]c(=O)cc1O. The molecule has 0 saturated heterocycles. The van der Waals surface area contributed by atoms with Gasteiger partial charge >= 0.3 is 0 Å². The molecule has 0 radical (unpaired) electrons. The molecule has 1 aromatic carbocycles. The standard InChI is InChI=1S/C14H14N2O3/c1-16(9-10-5-3-2-4-6-10)14(19)11-8-15-13(18)7-12(11)17/h2-8H,9H2,1H3,(H2,15,17,18). The molecule has 2 rings (SSSR count). The Morgan fingerprint density at radius 2 is 2.00 bits per heavy atom. The summed E-state index contributed by atoms with van der Waals surface area (Å²) in [7, 11) is 1.64. The van der Waals surface area contributed by atoms with Crippen molar-refractivity contribution in [3.05, 3.63) is 64.1 Å². The first-order chi connectivity index (χ1) is 9.08. The van der Waals surface area contributed by atoms with Gasteiger partial charge in [-0.25, -0.2) is 0 Å². The number of aromatic nitrogens is 1. The van der Waals surface area contributed by atoms with Gasteiger partial charge in [0, 0.05) is 25.9 Å². The summed E-state index contributed by atoms with van der Waals surface area (Å²) in [4.78, 5) is 27.0. The molecule has 2 N–H and O–H groups in total. The van der Waals surface area contributed by atoms with Crippen LogP contribution in [0.5, 0.6) is 5.75 Å². The Hall–Kier alpha value is -2.56. The fourth-order valence-corrected chi connectivity index (χ4v) is 1.77. The maximum absolute atomic E-state index is 12.1. The number of carbonyl (C=O) groups is 1. The molecule has 0 saturated carbocycles. The van der Waals surface area contributed by atoms with Crippen molar-refractivity contribution in [2.24, 2.45) is 0 Å². The van der Waals surface area contributed by atoms with Crippen LogP contribution in [-0.4, -0.2) is 27.9 Å². The summed E-state index contributed by atoms with van der Waals surface area (Å²) in [5.74, 6) is -0.661. The summed E-state index contributed by atoms with van der Waals surface area (Å²) in [5, 5.41) is 9.61. The Kier molecular flexibility index (Phi) is 3.66. The van der Waals surface area contributed by atoms with Crippen LogP contribution in [0.3, 0.4) is 0 Å². The van der Waals surface area contributed by atoms with Crippen LogP contribution in [0.2, 0.25) is 0 Å². The van der Waals surface area contributed by atoms with Crippen molar-refractivity contribution in [3.63, 3.8) is 0 Å². The second-order valence-electron chi connectivity index (χ2n) is 4.24. The smallest absolute Gasteiger partial charge is 0.259 e. The van der Waals surface area contributed by atoms with E-state index in [0.29, 0.717) is 6.54 Å². The van der Waals surface area contributed by atoms with Gasteiger partial charge in [0.2, 0.25) is 0 Å². The molecule has 0 unspecified atom stereocenters. The average molecular weight is 258 g/mol. The van der Waals surface area contributed by atoms with E-state index >= 15 is 0 Å². The van der Waals surface area contributed by atoms with Crippen molar-refractivity contribution in [3.8, 4) is 5.75 Å². The third-order valence-corrected chi connectivity index (χ3v) is 2.74. The van der Waals surface area contributed by atoms with Crippen LogP contribution in [0.1, 0.15) is 15.9 Å². The van der Waals surface area contributed by atoms with Crippen molar-refractivity contribution in [2.75, 3.05) is 7.05 Å². The average Bonchev–Trinajstić information content (AvgIpc) is 2.39. The van der Waals surface area contributed by atoms with E-state index in [2.05, 4.69) is 4.98 Å². The number of carbonyl (C=O) groups excluding carboxylic acids is 1. The molecular formula is C14H14N2O3. The number of amides is 1. The molecule has 0 spiro atoms. The van der Waals surface area contributed by atoms with Gasteiger partial charge in [-0.1, -0.05) is 30.3 Å². The normalized spacial score (nSPS) is 10.2. The highest BCUT2D eigenvalue weighted by Gasteiger charge is 2.16. The van der Waals surface area contributed by atoms with Gasteiger partial charge < -0.3 is 15.0 Å². The number of H-pyrrole nitrogens is 1. The lowest BCUT2D eigenvalue weighted by atomic mass is 10.2. The first kappa shape index (κ1) is 12.9. The molecule has 0 bridgehead atoms. The highest BCUT2D eigenvalue weighted by Crippen LogP contribution is 2.15. The minimum absolute atomic E-state index is 0.0815. The second kappa shape index (κ2) is 5.39. The molecule has 0 atom stereocenters. The molecule has 1 heterocycles. The minimum atomic E-state index is -0.445. The minimum Gasteiger partial charge on any atom is -0.507 e. The number of hydrogen-bond acceptors (Lipinski definition) is 3. The van der Waals surface area contributed by atoms with Crippen molar-refractivity contribution in [1.82, 2.24) is 9.88 Å². The number of benzene rings is 1. The number of aromatic hydroxyl groups is 1. The summed E-state index contributed by atoms with van der Waals surface area (Å²) >= 11 is 0. The van der Waals surface area contributed by atoms with Crippen LogP contribution in [0, 0.1) is 0 Å². The molecule has 0 aliphatic carbocycles. The third kappa shape index (κ3) is 3.01.